The maximum atomic E-state index is 12.9. The van der Waals surface area contributed by atoms with E-state index in [2.05, 4.69) is 0 Å². The highest BCUT2D eigenvalue weighted by atomic mass is 19.3. The molecule has 5 heteroatoms. The molecule has 0 saturated heterocycles. The zero-order valence-electron chi connectivity index (χ0n) is 6.80. The van der Waals surface area contributed by atoms with Gasteiger partial charge in [-0.15, -0.1) is 0 Å². The van der Waals surface area contributed by atoms with Crippen molar-refractivity contribution in [3.05, 3.63) is 35.1 Å². The van der Waals surface area contributed by atoms with Gasteiger partial charge < -0.3 is 0 Å². The number of nitriles is 1. The van der Waals surface area contributed by atoms with Crippen molar-refractivity contribution < 1.29 is 18.0 Å². The van der Waals surface area contributed by atoms with Crippen molar-refractivity contribution in [2.75, 3.05) is 0 Å². The molecule has 0 aliphatic carbocycles. The van der Waals surface area contributed by atoms with E-state index < -0.39 is 23.6 Å². The summed E-state index contributed by atoms with van der Waals surface area (Å²) in [6, 6.07) is 4.14. The SMILES string of the molecule is N#Cc1ccc(C(=O)C(F)F)cc1F. The van der Waals surface area contributed by atoms with Gasteiger partial charge in [-0.1, -0.05) is 0 Å². The van der Waals surface area contributed by atoms with Gasteiger partial charge in [-0.3, -0.25) is 4.79 Å². The van der Waals surface area contributed by atoms with Crippen LogP contribution < -0.4 is 0 Å². The van der Waals surface area contributed by atoms with Crippen LogP contribution in [-0.4, -0.2) is 12.2 Å². The fourth-order valence-electron chi connectivity index (χ4n) is 0.885. The molecular weight excluding hydrogens is 195 g/mol. The average molecular weight is 199 g/mol. The first-order valence-electron chi connectivity index (χ1n) is 3.58. The molecule has 0 amide bonds. The molecule has 0 unspecified atom stereocenters. The summed E-state index contributed by atoms with van der Waals surface area (Å²) in [5, 5.41) is 8.33. The van der Waals surface area contributed by atoms with Gasteiger partial charge in [0.15, 0.2) is 0 Å². The second-order valence-electron chi connectivity index (χ2n) is 2.47. The highest BCUT2D eigenvalue weighted by molar-refractivity contribution is 5.98. The first-order chi connectivity index (χ1) is 6.56. The van der Waals surface area contributed by atoms with Crippen molar-refractivity contribution in [1.29, 1.82) is 5.26 Å². The van der Waals surface area contributed by atoms with Gasteiger partial charge >= 0.3 is 6.43 Å². The molecular formula is C9H4F3NO. The average Bonchev–Trinajstić information content (AvgIpc) is 2.16. The Balaban J connectivity index is 3.11. The number of nitrogens with zero attached hydrogens (tertiary/aromatic N) is 1. The van der Waals surface area contributed by atoms with Crippen molar-refractivity contribution in [2.24, 2.45) is 0 Å². The summed E-state index contributed by atoms with van der Waals surface area (Å²) in [7, 11) is 0. The normalized spacial score (nSPS) is 9.93. The Morgan fingerprint density at radius 1 is 1.43 bits per heavy atom. The largest absolute Gasteiger partial charge is 0.300 e. The second kappa shape index (κ2) is 3.92. The summed E-state index contributed by atoms with van der Waals surface area (Å²) in [5.41, 5.74) is -0.715. The molecule has 0 saturated carbocycles. The number of rotatable bonds is 2. The lowest BCUT2D eigenvalue weighted by atomic mass is 10.1. The number of hydrogen-bond donors (Lipinski definition) is 0. The van der Waals surface area contributed by atoms with Gasteiger partial charge in [-0.05, 0) is 18.2 Å². The first kappa shape index (κ1) is 10.3. The van der Waals surface area contributed by atoms with Crippen LogP contribution in [0.2, 0.25) is 0 Å². The van der Waals surface area contributed by atoms with Crippen molar-refractivity contribution in [3.8, 4) is 6.07 Å². The smallest absolute Gasteiger partial charge is 0.288 e. The molecule has 0 N–H and O–H groups in total. The zero-order chi connectivity index (χ0) is 10.7. The van der Waals surface area contributed by atoms with Crippen molar-refractivity contribution in [3.63, 3.8) is 0 Å². The minimum absolute atomic E-state index is 0.282. The van der Waals surface area contributed by atoms with E-state index in [9.17, 15) is 18.0 Å². The monoisotopic (exact) mass is 199 g/mol. The molecule has 0 bridgehead atoms. The topological polar surface area (TPSA) is 40.9 Å². The highest BCUT2D eigenvalue weighted by Gasteiger charge is 2.18. The van der Waals surface area contributed by atoms with Crippen LogP contribution in [0.4, 0.5) is 13.2 Å². The molecule has 0 heterocycles. The highest BCUT2D eigenvalue weighted by Crippen LogP contribution is 2.12. The summed E-state index contributed by atoms with van der Waals surface area (Å²) in [6.07, 6.45) is -3.16. The van der Waals surface area contributed by atoms with E-state index in [0.717, 1.165) is 12.1 Å². The lowest BCUT2D eigenvalue weighted by Crippen LogP contribution is -2.10. The van der Waals surface area contributed by atoms with Gasteiger partial charge in [-0.25, -0.2) is 13.2 Å². The van der Waals surface area contributed by atoms with Crippen LogP contribution in [0.3, 0.4) is 0 Å². The van der Waals surface area contributed by atoms with E-state index in [0.29, 0.717) is 6.07 Å². The number of halogens is 3. The van der Waals surface area contributed by atoms with Gasteiger partial charge in [0.05, 0.1) is 5.56 Å². The summed E-state index contributed by atoms with van der Waals surface area (Å²) in [4.78, 5) is 10.7. The standard InChI is InChI=1S/C9H4F3NO/c10-7-3-5(8(14)9(11)12)1-2-6(7)4-13/h1-3,9H. The Labute approximate surface area is 77.6 Å². The zero-order valence-corrected chi connectivity index (χ0v) is 6.80. The maximum absolute atomic E-state index is 12.9. The molecule has 1 aromatic carbocycles. The van der Waals surface area contributed by atoms with Gasteiger partial charge in [0.2, 0.25) is 5.78 Å². The molecule has 2 nitrogen and oxygen atoms in total. The summed E-state index contributed by atoms with van der Waals surface area (Å²) in [5.74, 6) is -2.42. The number of ketones is 1. The summed E-state index contributed by atoms with van der Waals surface area (Å²) in [6.45, 7) is 0. The third kappa shape index (κ3) is 1.91. The molecule has 0 spiro atoms. The van der Waals surface area contributed by atoms with Gasteiger partial charge in [-0.2, -0.15) is 5.26 Å². The fourth-order valence-corrected chi connectivity index (χ4v) is 0.885. The molecule has 0 aliphatic rings. The Bertz CT molecular complexity index is 409. The molecule has 0 aromatic heterocycles. The number of carbonyl (C=O) groups is 1. The Kier molecular flexibility index (Phi) is 2.87. The third-order valence-electron chi connectivity index (χ3n) is 1.57. The predicted molar refractivity (Wildman–Crippen MR) is 41.4 cm³/mol. The molecule has 14 heavy (non-hydrogen) atoms. The number of hydrogen-bond acceptors (Lipinski definition) is 2. The van der Waals surface area contributed by atoms with Crippen LogP contribution in [-0.2, 0) is 0 Å². The van der Waals surface area contributed by atoms with Crippen molar-refractivity contribution in [1.82, 2.24) is 0 Å². The number of carbonyl (C=O) groups excluding carboxylic acids is 1. The van der Waals surface area contributed by atoms with Crippen LogP contribution in [0.25, 0.3) is 0 Å². The number of alkyl halides is 2. The van der Waals surface area contributed by atoms with E-state index in [1.54, 1.807) is 0 Å². The maximum Gasteiger partial charge on any atom is 0.300 e. The number of Topliss-reactive ketones (excluding diaryl/α,β-unsaturated/α-hetero) is 1. The van der Waals surface area contributed by atoms with Crippen LogP contribution >= 0.6 is 0 Å². The molecule has 72 valence electrons. The fraction of sp³-hybridized carbons (Fsp3) is 0.111. The van der Waals surface area contributed by atoms with Crippen molar-refractivity contribution >= 4 is 5.78 Å². The van der Waals surface area contributed by atoms with Gasteiger partial charge in [0.1, 0.15) is 11.9 Å². The Morgan fingerprint density at radius 2 is 2.07 bits per heavy atom. The minimum Gasteiger partial charge on any atom is -0.288 e. The lowest BCUT2D eigenvalue weighted by Gasteiger charge is -1.99. The van der Waals surface area contributed by atoms with E-state index in [1.165, 1.54) is 6.07 Å². The molecule has 0 aliphatic heterocycles. The third-order valence-corrected chi connectivity index (χ3v) is 1.57. The Morgan fingerprint density at radius 3 is 2.50 bits per heavy atom. The minimum atomic E-state index is -3.16. The van der Waals surface area contributed by atoms with E-state index >= 15 is 0 Å². The number of benzene rings is 1. The van der Waals surface area contributed by atoms with Crippen LogP contribution in [0.1, 0.15) is 15.9 Å². The van der Waals surface area contributed by atoms with Crippen LogP contribution in [0, 0.1) is 17.1 Å². The predicted octanol–water partition coefficient (Wildman–Crippen LogP) is 2.15. The molecule has 1 aromatic rings. The summed E-state index contributed by atoms with van der Waals surface area (Å²) < 4.78 is 36.6. The lowest BCUT2D eigenvalue weighted by molar-refractivity contribution is 0.0678. The summed E-state index contributed by atoms with van der Waals surface area (Å²) >= 11 is 0. The van der Waals surface area contributed by atoms with Crippen LogP contribution in [0.5, 0.6) is 0 Å². The van der Waals surface area contributed by atoms with Crippen molar-refractivity contribution in [2.45, 2.75) is 6.43 Å². The molecule has 1 rings (SSSR count). The van der Waals surface area contributed by atoms with Gasteiger partial charge in [0, 0.05) is 5.56 Å². The second-order valence-corrected chi connectivity index (χ2v) is 2.47. The first-order valence-corrected chi connectivity index (χ1v) is 3.58. The van der Waals surface area contributed by atoms with E-state index in [1.807, 2.05) is 0 Å². The quantitative estimate of drug-likeness (QED) is 0.684. The van der Waals surface area contributed by atoms with E-state index in [-0.39, 0.29) is 5.56 Å². The van der Waals surface area contributed by atoms with Crippen LogP contribution in [0.15, 0.2) is 18.2 Å². The molecule has 0 fully saturated rings. The molecule has 0 atom stereocenters. The van der Waals surface area contributed by atoms with Gasteiger partial charge in [0.25, 0.3) is 0 Å². The Hall–Kier alpha value is -1.83. The van der Waals surface area contributed by atoms with E-state index in [4.69, 9.17) is 5.26 Å². The molecule has 0 radical (unpaired) electrons.